The molecule has 0 radical (unpaired) electrons. The summed E-state index contributed by atoms with van der Waals surface area (Å²) in [6.45, 7) is 0. The summed E-state index contributed by atoms with van der Waals surface area (Å²) >= 11 is 6.25. The van der Waals surface area contributed by atoms with Crippen LogP contribution >= 0.6 is 11.6 Å². The monoisotopic (exact) mass is 318 g/mol. The van der Waals surface area contributed by atoms with Gasteiger partial charge in [-0.25, -0.2) is 9.07 Å². The summed E-state index contributed by atoms with van der Waals surface area (Å²) in [7, 11) is 0. The van der Waals surface area contributed by atoms with Crippen LogP contribution in [-0.4, -0.2) is 20.0 Å². The molecule has 0 bridgehead atoms. The molecule has 2 N–H and O–H groups in total. The van der Waals surface area contributed by atoms with Gasteiger partial charge in [0.15, 0.2) is 11.6 Å². The van der Waals surface area contributed by atoms with Crippen molar-refractivity contribution in [2.24, 2.45) is 0 Å². The van der Waals surface area contributed by atoms with Crippen LogP contribution in [0.1, 0.15) is 17.2 Å². The number of rotatable bonds is 4. The largest absolute Gasteiger partial charge is 0.505 e. The van der Waals surface area contributed by atoms with Crippen molar-refractivity contribution in [3.8, 4) is 5.75 Å². The third-order valence-electron chi connectivity index (χ3n) is 3.24. The molecular formula is C15H12ClFN4O. The highest BCUT2D eigenvalue weighted by molar-refractivity contribution is 6.31. The van der Waals surface area contributed by atoms with E-state index in [0.717, 1.165) is 0 Å². The molecular weight excluding hydrogens is 307 g/mol. The Bertz CT molecular complexity index is 779. The molecule has 1 aromatic heterocycles. The van der Waals surface area contributed by atoms with Gasteiger partial charge < -0.3 is 10.5 Å². The minimum absolute atomic E-state index is 0.363. The van der Waals surface area contributed by atoms with E-state index in [-0.39, 0.29) is 0 Å². The zero-order valence-corrected chi connectivity index (χ0v) is 12.1. The summed E-state index contributed by atoms with van der Waals surface area (Å²) in [5.74, 6) is -1.12. The molecule has 112 valence electrons. The van der Waals surface area contributed by atoms with Crippen molar-refractivity contribution in [2.45, 2.75) is 6.04 Å². The quantitative estimate of drug-likeness (QED) is 0.776. The lowest BCUT2D eigenvalue weighted by molar-refractivity contribution is 0.423. The smallest absolute Gasteiger partial charge is 0.165 e. The molecule has 2 aromatic carbocycles. The van der Waals surface area contributed by atoms with Gasteiger partial charge in [0.25, 0.3) is 0 Å². The van der Waals surface area contributed by atoms with Crippen LogP contribution in [0.2, 0.25) is 5.02 Å². The first-order valence-corrected chi connectivity index (χ1v) is 6.87. The first-order valence-electron chi connectivity index (χ1n) is 6.50. The molecule has 1 heterocycles. The zero-order chi connectivity index (χ0) is 15.5. The summed E-state index contributed by atoms with van der Waals surface area (Å²) in [5.41, 5.74) is 4.14. The summed E-state index contributed by atoms with van der Waals surface area (Å²) in [5, 5.41) is 18.0. The van der Waals surface area contributed by atoms with E-state index in [1.54, 1.807) is 24.3 Å². The lowest BCUT2D eigenvalue weighted by Gasteiger charge is -2.22. The zero-order valence-electron chi connectivity index (χ0n) is 11.3. The Morgan fingerprint density at radius 3 is 2.45 bits per heavy atom. The summed E-state index contributed by atoms with van der Waals surface area (Å²) in [6, 6.07) is 10.9. The van der Waals surface area contributed by atoms with Gasteiger partial charge in [-0.1, -0.05) is 41.9 Å². The number of benzene rings is 2. The fraction of sp³-hybridized carbons (Fsp3) is 0.0667. The first kappa shape index (κ1) is 14.3. The molecule has 5 nitrogen and oxygen atoms in total. The topological polar surface area (TPSA) is 63.0 Å². The number of hydrogen-bond acceptors (Lipinski definition) is 4. The van der Waals surface area contributed by atoms with Crippen LogP contribution in [0, 0.1) is 5.82 Å². The van der Waals surface area contributed by atoms with E-state index in [1.165, 1.54) is 29.5 Å². The van der Waals surface area contributed by atoms with Crippen LogP contribution in [0.25, 0.3) is 0 Å². The van der Waals surface area contributed by atoms with Crippen LogP contribution in [0.5, 0.6) is 5.75 Å². The fourth-order valence-electron chi connectivity index (χ4n) is 2.20. The molecule has 3 rings (SSSR count). The number of phenolic OH excluding ortho intramolecular Hbond substituents is 1. The SMILES string of the molecule is Oc1c(F)cccc1C(Nn1cnnc1)c1ccccc1Cl. The second-order valence-electron chi connectivity index (χ2n) is 4.63. The van der Waals surface area contributed by atoms with Crippen molar-refractivity contribution in [1.82, 2.24) is 14.9 Å². The molecule has 3 aromatic rings. The minimum Gasteiger partial charge on any atom is -0.505 e. The number of nitrogens with zero attached hydrogens (tertiary/aromatic N) is 3. The average molecular weight is 319 g/mol. The van der Waals surface area contributed by atoms with E-state index in [4.69, 9.17) is 11.6 Å². The van der Waals surface area contributed by atoms with E-state index >= 15 is 0 Å². The van der Waals surface area contributed by atoms with E-state index in [1.807, 2.05) is 6.07 Å². The Hall–Kier alpha value is -2.60. The maximum atomic E-state index is 13.7. The van der Waals surface area contributed by atoms with Gasteiger partial charge in [-0.2, -0.15) is 0 Å². The van der Waals surface area contributed by atoms with Gasteiger partial charge in [0, 0.05) is 10.6 Å². The predicted octanol–water partition coefficient (Wildman–Crippen LogP) is 3.11. The Morgan fingerprint density at radius 1 is 1.05 bits per heavy atom. The van der Waals surface area contributed by atoms with Gasteiger partial charge in [-0.15, -0.1) is 10.2 Å². The number of phenols is 1. The highest BCUT2D eigenvalue weighted by Gasteiger charge is 2.21. The number of halogens is 2. The lowest BCUT2D eigenvalue weighted by atomic mass is 9.98. The third-order valence-corrected chi connectivity index (χ3v) is 3.59. The number of aromatic hydroxyl groups is 1. The molecule has 0 aliphatic heterocycles. The van der Waals surface area contributed by atoms with Crippen molar-refractivity contribution in [1.29, 1.82) is 0 Å². The van der Waals surface area contributed by atoms with Crippen molar-refractivity contribution < 1.29 is 9.50 Å². The Kier molecular flexibility index (Phi) is 3.93. The molecule has 0 saturated carbocycles. The van der Waals surface area contributed by atoms with Crippen molar-refractivity contribution in [2.75, 3.05) is 5.43 Å². The van der Waals surface area contributed by atoms with E-state index in [9.17, 15) is 9.50 Å². The standard InChI is InChI=1S/C15H12ClFN4O/c16-12-6-2-1-4-10(12)14(20-21-8-18-19-9-21)11-5-3-7-13(17)15(11)22/h1-9,14,20,22H. The van der Waals surface area contributed by atoms with E-state index in [0.29, 0.717) is 16.1 Å². The molecule has 1 atom stereocenters. The molecule has 22 heavy (non-hydrogen) atoms. The van der Waals surface area contributed by atoms with Crippen molar-refractivity contribution in [3.63, 3.8) is 0 Å². The Labute approximate surface area is 131 Å². The molecule has 0 aliphatic rings. The number of hydrogen-bond donors (Lipinski definition) is 2. The Morgan fingerprint density at radius 2 is 1.73 bits per heavy atom. The maximum absolute atomic E-state index is 13.7. The van der Waals surface area contributed by atoms with Gasteiger partial charge in [-0.3, -0.25) is 0 Å². The van der Waals surface area contributed by atoms with Gasteiger partial charge in [0.1, 0.15) is 12.7 Å². The van der Waals surface area contributed by atoms with E-state index < -0.39 is 17.6 Å². The minimum atomic E-state index is -0.694. The average Bonchev–Trinajstić information content (AvgIpc) is 3.02. The van der Waals surface area contributed by atoms with Gasteiger partial charge in [0.05, 0.1) is 6.04 Å². The first-order chi connectivity index (χ1) is 10.7. The number of aromatic nitrogens is 3. The summed E-state index contributed by atoms with van der Waals surface area (Å²) in [6.07, 6.45) is 2.92. The number of para-hydroxylation sites is 1. The van der Waals surface area contributed by atoms with E-state index in [2.05, 4.69) is 15.6 Å². The normalized spacial score (nSPS) is 12.1. The predicted molar refractivity (Wildman–Crippen MR) is 80.7 cm³/mol. The molecule has 7 heteroatoms. The highest BCUT2D eigenvalue weighted by Crippen LogP contribution is 2.34. The summed E-state index contributed by atoms with van der Waals surface area (Å²) < 4.78 is 15.2. The van der Waals surface area contributed by atoms with Crippen LogP contribution in [0.15, 0.2) is 55.1 Å². The van der Waals surface area contributed by atoms with Crippen LogP contribution < -0.4 is 5.43 Å². The second-order valence-corrected chi connectivity index (χ2v) is 5.04. The Balaban J connectivity index is 2.10. The fourth-order valence-corrected chi connectivity index (χ4v) is 2.44. The second kappa shape index (κ2) is 6.03. The maximum Gasteiger partial charge on any atom is 0.165 e. The van der Waals surface area contributed by atoms with Crippen LogP contribution in [0.3, 0.4) is 0 Å². The third kappa shape index (κ3) is 2.73. The van der Waals surface area contributed by atoms with Gasteiger partial charge in [0.2, 0.25) is 0 Å². The number of nitrogens with one attached hydrogen (secondary N) is 1. The van der Waals surface area contributed by atoms with Crippen LogP contribution in [0.4, 0.5) is 4.39 Å². The van der Waals surface area contributed by atoms with Gasteiger partial charge >= 0.3 is 0 Å². The highest BCUT2D eigenvalue weighted by atomic mass is 35.5. The summed E-state index contributed by atoms with van der Waals surface area (Å²) in [4.78, 5) is 0. The van der Waals surface area contributed by atoms with Crippen molar-refractivity contribution in [3.05, 3.63) is 77.1 Å². The molecule has 0 fully saturated rings. The molecule has 0 aliphatic carbocycles. The van der Waals surface area contributed by atoms with Crippen molar-refractivity contribution >= 4 is 11.6 Å². The molecule has 0 spiro atoms. The van der Waals surface area contributed by atoms with Crippen LogP contribution in [-0.2, 0) is 0 Å². The molecule has 1 unspecified atom stereocenters. The molecule has 0 amide bonds. The lowest BCUT2D eigenvalue weighted by Crippen LogP contribution is -2.21. The van der Waals surface area contributed by atoms with Gasteiger partial charge in [-0.05, 0) is 17.7 Å². The molecule has 0 saturated heterocycles.